The van der Waals surface area contributed by atoms with Crippen LogP contribution in [0.15, 0.2) is 0 Å². The van der Waals surface area contributed by atoms with Crippen LogP contribution >= 0.6 is 13.5 Å². The first-order chi connectivity index (χ1) is 5.10. The number of hydrogen-bond donors (Lipinski definition) is 0. The average Bonchev–Trinajstić information content (AvgIpc) is 2.00. The Morgan fingerprint density at radius 3 is 1.58 bits per heavy atom. The lowest BCUT2D eigenvalue weighted by Crippen LogP contribution is -2.19. The van der Waals surface area contributed by atoms with Crippen LogP contribution in [-0.4, -0.2) is 0 Å². The van der Waals surface area contributed by atoms with E-state index in [2.05, 4.69) is 20.8 Å². The van der Waals surface area contributed by atoms with Crippen molar-refractivity contribution in [2.75, 3.05) is 0 Å². The second kappa shape index (κ2) is 6.82. The van der Waals surface area contributed by atoms with Crippen molar-refractivity contribution in [3.63, 3.8) is 0 Å². The van der Waals surface area contributed by atoms with Crippen molar-refractivity contribution in [3.8, 4) is 0 Å². The number of rotatable bonds is 0. The molecule has 0 aromatic heterocycles. The van der Waals surface area contributed by atoms with Gasteiger partial charge in [0.05, 0.1) is 0 Å². The average molecular weight is 190 g/mol. The van der Waals surface area contributed by atoms with Crippen LogP contribution in [0.4, 0.5) is 0 Å². The van der Waals surface area contributed by atoms with E-state index in [4.69, 9.17) is 0 Å². The topological polar surface area (TPSA) is 0 Å². The molecule has 0 atom stereocenters. The molecule has 1 aliphatic carbocycles. The highest BCUT2D eigenvalue weighted by Crippen LogP contribution is 2.37. The van der Waals surface area contributed by atoms with Crippen molar-refractivity contribution >= 4 is 13.5 Å². The van der Waals surface area contributed by atoms with E-state index < -0.39 is 0 Å². The monoisotopic (exact) mass is 190 g/mol. The third-order valence-corrected chi connectivity index (χ3v) is 2.63. The third-order valence-electron chi connectivity index (χ3n) is 2.63. The maximum Gasteiger partial charge on any atom is -0.0354 e. The van der Waals surface area contributed by atoms with Gasteiger partial charge >= 0.3 is 0 Å². The molecule has 0 bridgehead atoms. The second-order valence-corrected chi connectivity index (χ2v) is 4.35. The highest BCUT2D eigenvalue weighted by atomic mass is 32.1. The van der Waals surface area contributed by atoms with E-state index in [0.29, 0.717) is 5.41 Å². The largest absolute Gasteiger partial charge is 0.197 e. The molecule has 0 heterocycles. The summed E-state index contributed by atoms with van der Waals surface area (Å²) in [4.78, 5) is 0. The molecule has 0 amide bonds. The van der Waals surface area contributed by atoms with E-state index in [1.165, 1.54) is 25.7 Å². The standard InChI is InChI=1S/C9H18.C2H6.H2S/c1-8-4-6-9(2,3)7-5-8;1-2;/h8H,4-7H2,1-3H3;1-2H3;1H2. The summed E-state index contributed by atoms with van der Waals surface area (Å²) in [5, 5.41) is 0. The molecule has 0 aliphatic heterocycles. The van der Waals surface area contributed by atoms with E-state index in [1.54, 1.807) is 0 Å². The molecular weight excluding hydrogens is 164 g/mol. The molecule has 0 unspecified atom stereocenters. The minimum absolute atomic E-state index is 0. The summed E-state index contributed by atoms with van der Waals surface area (Å²) in [6.07, 6.45) is 5.78. The fourth-order valence-electron chi connectivity index (χ4n) is 1.54. The van der Waals surface area contributed by atoms with Crippen molar-refractivity contribution in [2.24, 2.45) is 11.3 Å². The van der Waals surface area contributed by atoms with Crippen LogP contribution in [0.2, 0.25) is 0 Å². The molecule has 0 nitrogen and oxygen atoms in total. The van der Waals surface area contributed by atoms with Crippen LogP contribution in [0.1, 0.15) is 60.3 Å². The van der Waals surface area contributed by atoms with Crippen LogP contribution in [0.3, 0.4) is 0 Å². The molecule has 0 saturated heterocycles. The zero-order valence-corrected chi connectivity index (χ0v) is 10.4. The van der Waals surface area contributed by atoms with E-state index >= 15 is 0 Å². The normalized spacial score (nSPS) is 21.8. The zero-order valence-electron chi connectivity index (χ0n) is 9.41. The predicted molar refractivity (Wildman–Crippen MR) is 63.1 cm³/mol. The first kappa shape index (κ1) is 14.9. The highest BCUT2D eigenvalue weighted by Gasteiger charge is 2.23. The first-order valence-electron chi connectivity index (χ1n) is 5.10. The smallest absolute Gasteiger partial charge is 0.0354 e. The van der Waals surface area contributed by atoms with Crippen LogP contribution in [0.25, 0.3) is 0 Å². The highest BCUT2D eigenvalue weighted by molar-refractivity contribution is 7.59. The van der Waals surface area contributed by atoms with Crippen molar-refractivity contribution in [1.82, 2.24) is 0 Å². The van der Waals surface area contributed by atoms with Crippen molar-refractivity contribution in [1.29, 1.82) is 0 Å². The van der Waals surface area contributed by atoms with Gasteiger partial charge in [0.2, 0.25) is 0 Å². The Bertz CT molecular complexity index is 87.2. The van der Waals surface area contributed by atoms with Crippen molar-refractivity contribution < 1.29 is 0 Å². The maximum atomic E-state index is 2.39. The van der Waals surface area contributed by atoms with Gasteiger partial charge < -0.3 is 0 Å². The Morgan fingerprint density at radius 1 is 1.00 bits per heavy atom. The molecule has 1 aliphatic rings. The molecule has 0 aromatic carbocycles. The van der Waals surface area contributed by atoms with Gasteiger partial charge in [-0.25, -0.2) is 0 Å². The zero-order chi connectivity index (χ0) is 8.91. The van der Waals surface area contributed by atoms with E-state index in [0.717, 1.165) is 5.92 Å². The van der Waals surface area contributed by atoms with Gasteiger partial charge in [-0.1, -0.05) is 47.5 Å². The summed E-state index contributed by atoms with van der Waals surface area (Å²) in [6, 6.07) is 0. The van der Waals surface area contributed by atoms with Crippen LogP contribution in [-0.2, 0) is 0 Å². The maximum absolute atomic E-state index is 2.39. The van der Waals surface area contributed by atoms with Crippen LogP contribution in [0.5, 0.6) is 0 Å². The molecular formula is C11H26S. The Hall–Kier alpha value is 0.350. The Kier molecular flexibility index (Phi) is 8.44. The first-order valence-corrected chi connectivity index (χ1v) is 5.10. The summed E-state index contributed by atoms with van der Waals surface area (Å²) >= 11 is 0. The minimum atomic E-state index is 0. The lowest BCUT2D eigenvalue weighted by molar-refractivity contribution is 0.201. The Labute approximate surface area is 85.6 Å². The molecule has 1 saturated carbocycles. The van der Waals surface area contributed by atoms with Gasteiger partial charge in [-0.15, -0.1) is 0 Å². The summed E-state index contributed by atoms with van der Waals surface area (Å²) in [7, 11) is 0. The summed E-state index contributed by atoms with van der Waals surface area (Å²) in [6.45, 7) is 11.1. The molecule has 12 heavy (non-hydrogen) atoms. The van der Waals surface area contributed by atoms with Gasteiger partial charge in [0, 0.05) is 0 Å². The third kappa shape index (κ3) is 5.93. The Morgan fingerprint density at radius 2 is 1.33 bits per heavy atom. The molecule has 1 heteroatoms. The second-order valence-electron chi connectivity index (χ2n) is 4.35. The van der Waals surface area contributed by atoms with Gasteiger partial charge in [-0.05, 0) is 24.2 Å². The van der Waals surface area contributed by atoms with Gasteiger partial charge in [0.15, 0.2) is 0 Å². The fourth-order valence-corrected chi connectivity index (χ4v) is 1.54. The van der Waals surface area contributed by atoms with Gasteiger partial charge in [-0.2, -0.15) is 13.5 Å². The lowest BCUT2D eigenvalue weighted by Gasteiger charge is -2.32. The predicted octanol–water partition coefficient (Wildman–Crippen LogP) is 4.36. The van der Waals surface area contributed by atoms with Gasteiger partial charge in [0.1, 0.15) is 0 Å². The van der Waals surface area contributed by atoms with E-state index in [1.807, 2.05) is 13.8 Å². The number of hydrogen-bond acceptors (Lipinski definition) is 0. The molecule has 0 aromatic rings. The van der Waals surface area contributed by atoms with Crippen LogP contribution in [0, 0.1) is 11.3 Å². The van der Waals surface area contributed by atoms with E-state index in [-0.39, 0.29) is 13.5 Å². The fraction of sp³-hybridized carbons (Fsp3) is 1.00. The quantitative estimate of drug-likeness (QED) is 0.532. The molecule has 76 valence electrons. The SMILES string of the molecule is CC.CC1CCC(C)(C)CC1.S. The van der Waals surface area contributed by atoms with Crippen molar-refractivity contribution in [2.45, 2.75) is 60.3 Å². The van der Waals surface area contributed by atoms with Gasteiger partial charge in [-0.3, -0.25) is 0 Å². The lowest BCUT2D eigenvalue weighted by atomic mass is 9.74. The summed E-state index contributed by atoms with van der Waals surface area (Å²) < 4.78 is 0. The minimum Gasteiger partial charge on any atom is -0.197 e. The summed E-state index contributed by atoms with van der Waals surface area (Å²) in [5.74, 6) is 0.998. The molecule has 0 radical (unpaired) electrons. The van der Waals surface area contributed by atoms with Crippen LogP contribution < -0.4 is 0 Å². The van der Waals surface area contributed by atoms with Gasteiger partial charge in [0.25, 0.3) is 0 Å². The Balaban J connectivity index is 0. The molecule has 0 spiro atoms. The summed E-state index contributed by atoms with van der Waals surface area (Å²) in [5.41, 5.74) is 0.659. The molecule has 1 fully saturated rings. The molecule has 0 N–H and O–H groups in total. The van der Waals surface area contributed by atoms with Crippen molar-refractivity contribution in [3.05, 3.63) is 0 Å². The molecule has 1 rings (SSSR count). The van der Waals surface area contributed by atoms with E-state index in [9.17, 15) is 0 Å².